The highest BCUT2D eigenvalue weighted by molar-refractivity contribution is 5.61. The molecule has 0 bridgehead atoms. The van der Waals surface area contributed by atoms with Gasteiger partial charge in [-0.3, -0.25) is 0 Å². The van der Waals surface area contributed by atoms with Crippen LogP contribution in [0.2, 0.25) is 0 Å². The van der Waals surface area contributed by atoms with Crippen molar-refractivity contribution in [3.05, 3.63) is 29.8 Å². The second-order valence-electron chi connectivity index (χ2n) is 3.05. The van der Waals surface area contributed by atoms with Crippen LogP contribution in [0.5, 0.6) is 5.75 Å². The third kappa shape index (κ3) is 3.61. The summed E-state index contributed by atoms with van der Waals surface area (Å²) < 4.78 is 39.3. The zero-order valence-corrected chi connectivity index (χ0v) is 7.91. The lowest BCUT2D eigenvalue weighted by Gasteiger charge is -2.10. The monoisotopic (exact) mass is 218 g/mol. The molecule has 0 heterocycles. The van der Waals surface area contributed by atoms with Crippen molar-refractivity contribution in [1.29, 1.82) is 0 Å². The molecule has 0 aliphatic carbocycles. The molecule has 1 rings (SSSR count). The quantitative estimate of drug-likeness (QED) is 0.729. The average molecular weight is 218 g/mol. The minimum absolute atomic E-state index is 0.311. The Labute approximate surface area is 84.7 Å². The van der Waals surface area contributed by atoms with E-state index in [0.29, 0.717) is 11.8 Å². The van der Waals surface area contributed by atoms with Crippen molar-refractivity contribution in [3.63, 3.8) is 0 Å². The van der Waals surface area contributed by atoms with Gasteiger partial charge in [0.25, 0.3) is 0 Å². The summed E-state index contributed by atoms with van der Waals surface area (Å²) in [5, 5.41) is 0. The molecule has 0 saturated heterocycles. The molecule has 5 heteroatoms. The largest absolute Gasteiger partial charge is 0.573 e. The third-order valence-electron chi connectivity index (χ3n) is 1.82. The number of rotatable bonds is 3. The molecule has 82 valence electrons. The lowest BCUT2D eigenvalue weighted by atomic mass is 10.0. The van der Waals surface area contributed by atoms with Gasteiger partial charge in [0.05, 0.1) is 0 Å². The molecule has 2 nitrogen and oxygen atoms in total. The van der Waals surface area contributed by atoms with Crippen molar-refractivity contribution in [2.45, 2.75) is 19.2 Å². The summed E-state index contributed by atoms with van der Waals surface area (Å²) in [6, 6.07) is 5.37. The first-order chi connectivity index (χ1) is 6.92. The van der Waals surface area contributed by atoms with E-state index in [9.17, 15) is 18.0 Å². The number of halogens is 3. The van der Waals surface area contributed by atoms with Gasteiger partial charge in [-0.25, -0.2) is 0 Å². The molecule has 15 heavy (non-hydrogen) atoms. The van der Waals surface area contributed by atoms with Crippen LogP contribution in [0.1, 0.15) is 18.4 Å². The predicted octanol–water partition coefficient (Wildman–Crippen LogP) is 2.89. The Morgan fingerprint density at radius 1 is 1.40 bits per heavy atom. The molecule has 0 radical (unpaired) electrons. The predicted molar refractivity (Wildman–Crippen MR) is 47.6 cm³/mol. The standard InChI is InChI=1S/C10H9F3O2/c1-7(6-14)8-3-2-4-9(5-8)15-10(11,12)13/h2-7H,1H3. The van der Waals surface area contributed by atoms with Crippen LogP contribution in [-0.2, 0) is 4.79 Å². The van der Waals surface area contributed by atoms with Crippen LogP contribution in [0.3, 0.4) is 0 Å². The van der Waals surface area contributed by atoms with Crippen LogP contribution in [0, 0.1) is 0 Å². The Bertz CT molecular complexity index is 347. The SMILES string of the molecule is CC(C=O)c1cccc(OC(F)(F)F)c1. The van der Waals surface area contributed by atoms with Gasteiger partial charge < -0.3 is 9.53 Å². The molecule has 0 spiro atoms. The number of hydrogen-bond donors (Lipinski definition) is 0. The van der Waals surface area contributed by atoms with Gasteiger partial charge in [0.1, 0.15) is 12.0 Å². The van der Waals surface area contributed by atoms with Crippen molar-refractivity contribution in [3.8, 4) is 5.75 Å². The lowest BCUT2D eigenvalue weighted by Crippen LogP contribution is -2.17. The first kappa shape index (κ1) is 11.6. The number of alkyl halides is 3. The van der Waals surface area contributed by atoms with E-state index in [-0.39, 0.29) is 5.75 Å². The van der Waals surface area contributed by atoms with E-state index in [1.54, 1.807) is 13.0 Å². The minimum atomic E-state index is -4.71. The topological polar surface area (TPSA) is 26.3 Å². The van der Waals surface area contributed by atoms with Gasteiger partial charge in [-0.05, 0) is 17.7 Å². The minimum Gasteiger partial charge on any atom is -0.406 e. The van der Waals surface area contributed by atoms with E-state index < -0.39 is 12.3 Å². The fraction of sp³-hybridized carbons (Fsp3) is 0.300. The summed E-state index contributed by atoms with van der Waals surface area (Å²) in [6.45, 7) is 1.60. The molecule has 0 aliphatic rings. The number of carbonyl (C=O) groups is 1. The van der Waals surface area contributed by atoms with Crippen molar-refractivity contribution < 1.29 is 22.7 Å². The summed E-state index contributed by atoms with van der Waals surface area (Å²) in [5.74, 6) is -0.754. The number of carbonyl (C=O) groups excluding carboxylic acids is 1. The molecule has 1 atom stereocenters. The maximum atomic E-state index is 11.9. The molecule has 1 aromatic rings. The van der Waals surface area contributed by atoms with Gasteiger partial charge >= 0.3 is 6.36 Å². The van der Waals surface area contributed by atoms with Crippen molar-refractivity contribution in [1.82, 2.24) is 0 Å². The second-order valence-corrected chi connectivity index (χ2v) is 3.05. The summed E-state index contributed by atoms with van der Waals surface area (Å²) in [5.41, 5.74) is 0.492. The molecule has 1 unspecified atom stereocenters. The van der Waals surface area contributed by atoms with Gasteiger partial charge in [0.15, 0.2) is 0 Å². The lowest BCUT2D eigenvalue weighted by molar-refractivity contribution is -0.274. The molecule has 0 aromatic heterocycles. The number of hydrogen-bond acceptors (Lipinski definition) is 2. The molecule has 0 amide bonds. The average Bonchev–Trinajstić information content (AvgIpc) is 2.14. The van der Waals surface area contributed by atoms with Crippen LogP contribution in [0.15, 0.2) is 24.3 Å². The molecular weight excluding hydrogens is 209 g/mol. The first-order valence-electron chi connectivity index (χ1n) is 4.23. The van der Waals surface area contributed by atoms with E-state index in [0.717, 1.165) is 0 Å². The maximum Gasteiger partial charge on any atom is 0.573 e. The number of benzene rings is 1. The fourth-order valence-electron chi connectivity index (χ4n) is 1.07. The molecule has 0 aliphatic heterocycles. The molecular formula is C10H9F3O2. The highest BCUT2D eigenvalue weighted by Gasteiger charge is 2.31. The molecule has 0 saturated carbocycles. The molecule has 0 N–H and O–H groups in total. The first-order valence-corrected chi connectivity index (χ1v) is 4.23. The van der Waals surface area contributed by atoms with E-state index in [1.807, 2.05) is 0 Å². The van der Waals surface area contributed by atoms with Gasteiger partial charge in [0.2, 0.25) is 0 Å². The van der Waals surface area contributed by atoms with Gasteiger partial charge in [0, 0.05) is 5.92 Å². The van der Waals surface area contributed by atoms with Crippen LogP contribution in [0.4, 0.5) is 13.2 Å². The Morgan fingerprint density at radius 2 is 2.07 bits per heavy atom. The molecule has 1 aromatic carbocycles. The smallest absolute Gasteiger partial charge is 0.406 e. The Morgan fingerprint density at radius 3 is 2.60 bits per heavy atom. The zero-order valence-electron chi connectivity index (χ0n) is 7.91. The van der Waals surface area contributed by atoms with Crippen molar-refractivity contribution in [2.24, 2.45) is 0 Å². The number of ether oxygens (including phenoxy) is 1. The zero-order chi connectivity index (χ0) is 11.5. The Hall–Kier alpha value is -1.52. The summed E-state index contributed by atoms with van der Waals surface area (Å²) >= 11 is 0. The van der Waals surface area contributed by atoms with Crippen molar-refractivity contribution >= 4 is 6.29 Å². The highest BCUT2D eigenvalue weighted by Crippen LogP contribution is 2.25. The van der Waals surface area contributed by atoms with Gasteiger partial charge in [-0.2, -0.15) is 0 Å². The Kier molecular flexibility index (Phi) is 3.34. The fourth-order valence-corrected chi connectivity index (χ4v) is 1.07. The maximum absolute atomic E-state index is 11.9. The summed E-state index contributed by atoms with van der Waals surface area (Å²) in [4.78, 5) is 10.4. The normalized spacial score (nSPS) is 13.3. The highest BCUT2D eigenvalue weighted by atomic mass is 19.4. The van der Waals surface area contributed by atoms with E-state index in [1.165, 1.54) is 18.2 Å². The van der Waals surface area contributed by atoms with E-state index in [4.69, 9.17) is 0 Å². The van der Waals surface area contributed by atoms with Crippen molar-refractivity contribution in [2.75, 3.05) is 0 Å². The van der Waals surface area contributed by atoms with E-state index >= 15 is 0 Å². The Balaban J connectivity index is 2.88. The van der Waals surface area contributed by atoms with E-state index in [2.05, 4.69) is 4.74 Å². The number of aldehydes is 1. The molecule has 0 fully saturated rings. The van der Waals surface area contributed by atoms with Crippen LogP contribution >= 0.6 is 0 Å². The third-order valence-corrected chi connectivity index (χ3v) is 1.82. The summed E-state index contributed by atoms with van der Waals surface area (Å²) in [6.07, 6.45) is -4.05. The summed E-state index contributed by atoms with van der Waals surface area (Å²) in [7, 11) is 0. The van der Waals surface area contributed by atoms with Gasteiger partial charge in [-0.15, -0.1) is 13.2 Å². The van der Waals surface area contributed by atoms with Gasteiger partial charge in [-0.1, -0.05) is 19.1 Å². The second kappa shape index (κ2) is 4.33. The van der Waals surface area contributed by atoms with Crippen LogP contribution in [-0.4, -0.2) is 12.6 Å². The van der Waals surface area contributed by atoms with Crippen LogP contribution in [0.25, 0.3) is 0 Å². The van der Waals surface area contributed by atoms with Crippen LogP contribution < -0.4 is 4.74 Å².